The molecule has 1 unspecified atom stereocenters. The Labute approximate surface area is 203 Å². The van der Waals surface area contributed by atoms with Gasteiger partial charge in [-0.2, -0.15) is 4.98 Å². The molecule has 0 saturated carbocycles. The molecule has 0 radical (unpaired) electrons. The van der Waals surface area contributed by atoms with Crippen molar-refractivity contribution in [2.75, 3.05) is 0 Å². The number of aryl methyl sites for hydroxylation is 2. The molecule has 1 aliphatic heterocycles. The lowest BCUT2D eigenvalue weighted by Crippen LogP contribution is -3.06. The highest BCUT2D eigenvalue weighted by Gasteiger charge is 2.18. The largest absolute Gasteiger partial charge is 0.421 e. The van der Waals surface area contributed by atoms with E-state index in [4.69, 9.17) is 4.52 Å². The Kier molecular flexibility index (Phi) is 5.23. The molecule has 0 bridgehead atoms. The van der Waals surface area contributed by atoms with Gasteiger partial charge in [-0.1, -0.05) is 60.4 Å². The zero-order valence-corrected chi connectivity index (χ0v) is 19.6. The van der Waals surface area contributed by atoms with Gasteiger partial charge in [0.05, 0.1) is 12.1 Å². The highest BCUT2D eigenvalue weighted by atomic mass is 19.1. The van der Waals surface area contributed by atoms with E-state index in [0.29, 0.717) is 18.3 Å². The Bertz CT molecular complexity index is 1560. The molecule has 3 aromatic carbocycles. The van der Waals surface area contributed by atoms with Crippen LogP contribution in [-0.4, -0.2) is 14.7 Å². The van der Waals surface area contributed by atoms with Crippen LogP contribution in [0.5, 0.6) is 0 Å². The summed E-state index contributed by atoms with van der Waals surface area (Å²) in [6.07, 6.45) is 6.15. The third-order valence-corrected chi connectivity index (χ3v) is 6.66. The van der Waals surface area contributed by atoms with Gasteiger partial charge in [-0.3, -0.25) is 0 Å². The Morgan fingerprint density at radius 1 is 0.971 bits per heavy atom. The first-order chi connectivity index (χ1) is 17.0. The van der Waals surface area contributed by atoms with Gasteiger partial charge < -0.3 is 14.0 Å². The van der Waals surface area contributed by atoms with Gasteiger partial charge >= 0.3 is 0 Å². The van der Waals surface area contributed by atoms with Crippen LogP contribution in [0.4, 0.5) is 4.39 Å². The first kappa shape index (κ1) is 21.4. The van der Waals surface area contributed by atoms with E-state index in [-0.39, 0.29) is 5.82 Å². The number of nitrogens with zero attached hydrogens (tertiary/aromatic N) is 3. The fourth-order valence-corrected chi connectivity index (χ4v) is 4.48. The maximum Gasteiger partial charge on any atom is 0.260 e. The molecule has 35 heavy (non-hydrogen) atoms. The molecule has 1 atom stereocenters. The molecule has 0 fully saturated rings. The molecule has 6 heteroatoms. The highest BCUT2D eigenvalue weighted by Crippen LogP contribution is 2.32. The van der Waals surface area contributed by atoms with Crippen molar-refractivity contribution in [3.63, 3.8) is 0 Å². The monoisotopic (exact) mass is 464 g/mol. The van der Waals surface area contributed by atoms with Crippen LogP contribution in [0.3, 0.4) is 0 Å². The van der Waals surface area contributed by atoms with Gasteiger partial charge in [0, 0.05) is 34.8 Å². The number of aromatic nitrogens is 3. The summed E-state index contributed by atoms with van der Waals surface area (Å²) in [6.45, 7) is 7.92. The Morgan fingerprint density at radius 3 is 2.51 bits per heavy atom. The number of quaternary nitrogens is 1. The number of hydrogen-bond acceptors (Lipinski definition) is 3. The standard InChI is InChI=1S/C29H25FN4O/c1-19-4-5-22(14-20(19)2)17-34-18-26(25-15-24(30)10-11-27(25)34)29-31-28(32-35-29)23-8-6-21(7-9-23)16-33-12-3-13-33/h3-15,18,33H,16-17H2,1-2H3. The predicted octanol–water partition coefficient (Wildman–Crippen LogP) is 5.24. The summed E-state index contributed by atoms with van der Waals surface area (Å²) >= 11 is 0. The molecule has 174 valence electrons. The van der Waals surface area contributed by atoms with Crippen LogP contribution in [0.15, 0.2) is 83.7 Å². The van der Waals surface area contributed by atoms with Crippen LogP contribution in [0, 0.1) is 26.2 Å². The molecule has 5 aromatic rings. The first-order valence-corrected chi connectivity index (χ1v) is 11.7. The lowest BCUT2D eigenvalue weighted by molar-refractivity contribution is -0.840. The fraction of sp³-hybridized carbons (Fsp3) is 0.138. The van der Waals surface area contributed by atoms with Gasteiger partial charge in [-0.15, -0.1) is 6.08 Å². The molecule has 2 aromatic heterocycles. The van der Waals surface area contributed by atoms with E-state index in [1.807, 2.05) is 18.3 Å². The molecular weight excluding hydrogens is 439 g/mol. The van der Waals surface area contributed by atoms with Crippen LogP contribution in [0.1, 0.15) is 22.3 Å². The minimum absolute atomic E-state index is 0.297. The van der Waals surface area contributed by atoms with Crippen molar-refractivity contribution in [2.24, 2.45) is 0 Å². The lowest BCUT2D eigenvalue weighted by Gasteiger charge is -2.29. The van der Waals surface area contributed by atoms with Crippen molar-refractivity contribution in [1.29, 1.82) is 0 Å². The van der Waals surface area contributed by atoms with Gasteiger partial charge in [0.15, 0.2) is 0 Å². The van der Waals surface area contributed by atoms with E-state index in [9.17, 15) is 4.39 Å². The number of nitrogens with one attached hydrogen (secondary N) is 1. The van der Waals surface area contributed by atoms with E-state index in [2.05, 4.69) is 77.7 Å². The van der Waals surface area contributed by atoms with E-state index in [1.54, 1.807) is 6.07 Å². The molecule has 0 aliphatic carbocycles. The number of halogens is 1. The van der Waals surface area contributed by atoms with E-state index >= 15 is 0 Å². The summed E-state index contributed by atoms with van der Waals surface area (Å²) in [5.74, 6) is 0.596. The van der Waals surface area contributed by atoms with Crippen molar-refractivity contribution in [3.05, 3.63) is 114 Å². The second-order valence-electron chi connectivity index (χ2n) is 9.15. The van der Waals surface area contributed by atoms with Crippen molar-refractivity contribution in [2.45, 2.75) is 26.9 Å². The topological polar surface area (TPSA) is 48.3 Å². The Balaban J connectivity index is 1.33. The first-order valence-electron chi connectivity index (χ1n) is 11.7. The zero-order chi connectivity index (χ0) is 23.9. The molecule has 1 N–H and O–H groups in total. The highest BCUT2D eigenvalue weighted by molar-refractivity contribution is 5.94. The van der Waals surface area contributed by atoms with Gasteiger partial charge in [-0.25, -0.2) is 4.39 Å². The van der Waals surface area contributed by atoms with Crippen LogP contribution in [-0.2, 0) is 13.1 Å². The Morgan fingerprint density at radius 2 is 1.77 bits per heavy atom. The van der Waals surface area contributed by atoms with Gasteiger partial charge in [-0.05, 0) is 48.7 Å². The number of rotatable bonds is 6. The predicted molar refractivity (Wildman–Crippen MR) is 134 cm³/mol. The van der Waals surface area contributed by atoms with Crippen molar-refractivity contribution in [3.8, 4) is 22.8 Å². The molecule has 3 heterocycles. The van der Waals surface area contributed by atoms with Crippen LogP contribution in [0.25, 0.3) is 33.7 Å². The molecule has 0 amide bonds. The second-order valence-corrected chi connectivity index (χ2v) is 9.15. The van der Waals surface area contributed by atoms with Crippen molar-refractivity contribution >= 4 is 10.9 Å². The molecule has 0 saturated heterocycles. The number of benzene rings is 3. The van der Waals surface area contributed by atoms with Gasteiger partial charge in [0.25, 0.3) is 5.89 Å². The maximum absolute atomic E-state index is 14.2. The average Bonchev–Trinajstić information content (AvgIpc) is 3.44. The zero-order valence-electron chi connectivity index (χ0n) is 19.6. The van der Waals surface area contributed by atoms with E-state index in [0.717, 1.165) is 28.6 Å². The normalized spacial score (nSPS) is 14.8. The quantitative estimate of drug-likeness (QED) is 0.350. The smallest absolute Gasteiger partial charge is 0.260 e. The Hall–Kier alpha value is -4.16. The number of fused-ring (bicyclic) bond motifs is 1. The van der Waals surface area contributed by atoms with Crippen molar-refractivity contribution in [1.82, 2.24) is 14.7 Å². The minimum atomic E-state index is -0.297. The average molecular weight is 465 g/mol. The molecular formula is C29H25FN4O. The SMILES string of the molecule is Cc1ccc(Cn2cc(-c3nc(-c4ccc(C[NH+]5C=C[CH-]5)cc4)no3)c3cc(F)ccc32)cc1C. The molecule has 5 nitrogen and oxygen atoms in total. The molecule has 1 aliphatic rings. The fourth-order valence-electron chi connectivity index (χ4n) is 4.48. The molecule has 0 spiro atoms. The third-order valence-electron chi connectivity index (χ3n) is 6.66. The summed E-state index contributed by atoms with van der Waals surface area (Å²) in [5, 5.41) is 4.96. The van der Waals surface area contributed by atoms with Crippen LogP contribution in [0.2, 0.25) is 0 Å². The summed E-state index contributed by atoms with van der Waals surface area (Å²) in [6, 6.07) is 19.5. The summed E-state index contributed by atoms with van der Waals surface area (Å²) < 4.78 is 22.0. The lowest BCUT2D eigenvalue weighted by atomic mass is 10.1. The third kappa shape index (κ3) is 4.13. The maximum atomic E-state index is 14.2. The summed E-state index contributed by atoms with van der Waals surface area (Å²) in [7, 11) is 0. The van der Waals surface area contributed by atoms with Crippen LogP contribution < -0.4 is 4.90 Å². The van der Waals surface area contributed by atoms with Crippen LogP contribution >= 0.6 is 0 Å². The van der Waals surface area contributed by atoms with Gasteiger partial charge in [0.1, 0.15) is 5.82 Å². The molecule has 6 rings (SSSR count). The van der Waals surface area contributed by atoms with E-state index < -0.39 is 0 Å². The van der Waals surface area contributed by atoms with E-state index in [1.165, 1.54) is 39.3 Å². The summed E-state index contributed by atoms with van der Waals surface area (Å²) in [5.41, 5.74) is 7.45. The second kappa shape index (κ2) is 8.56. The number of hydrogen-bond donors (Lipinski definition) is 1. The van der Waals surface area contributed by atoms with Crippen molar-refractivity contribution < 1.29 is 13.8 Å². The van der Waals surface area contributed by atoms with Gasteiger partial charge in [0.2, 0.25) is 5.82 Å². The summed E-state index contributed by atoms with van der Waals surface area (Å²) in [4.78, 5) is 5.98. The minimum Gasteiger partial charge on any atom is -0.421 e.